The van der Waals surface area contributed by atoms with Crippen molar-refractivity contribution >= 4 is 68.7 Å². The van der Waals surface area contributed by atoms with Crippen LogP contribution in [0.1, 0.15) is 84.8 Å². The minimum atomic E-state index is -1.62. The zero-order chi connectivity index (χ0) is 41.7. The molecule has 3 aliphatic heterocycles. The first kappa shape index (κ1) is 45.5. The fourth-order valence-electron chi connectivity index (χ4n) is 7.00. The van der Waals surface area contributed by atoms with Crippen molar-refractivity contribution in [3.63, 3.8) is 0 Å². The predicted octanol–water partition coefficient (Wildman–Crippen LogP) is 6.46. The molecule has 0 aliphatic carbocycles. The maximum atomic E-state index is 14.1. The molecule has 1 aromatic rings. The molecule has 0 spiro atoms. The van der Waals surface area contributed by atoms with E-state index in [4.69, 9.17) is 30.9 Å². The molecular weight excluding hydrogens is 782 g/mol. The number of amides is 3. The quantitative estimate of drug-likeness (QED) is 0.0962. The van der Waals surface area contributed by atoms with Crippen LogP contribution in [-0.2, 0) is 39.8 Å². The van der Waals surface area contributed by atoms with Gasteiger partial charge in [-0.25, -0.2) is 9.59 Å². The van der Waals surface area contributed by atoms with Crippen molar-refractivity contribution in [2.45, 2.75) is 128 Å². The summed E-state index contributed by atoms with van der Waals surface area (Å²) in [4.78, 5) is 67.5. The number of carbonyl (C=O) groups excluding carboxylic acids is 4. The van der Waals surface area contributed by atoms with Gasteiger partial charge in [0.25, 0.3) is 0 Å². The fourth-order valence-corrected chi connectivity index (χ4v) is 9.56. The molecule has 3 N–H and O–H groups in total. The highest BCUT2D eigenvalue weighted by atomic mass is 35.5. The number of aliphatic hydroxyl groups is 1. The smallest absolute Gasteiger partial charge is 0.409 e. The number of nitrogens with zero attached hydrogens (tertiary/aromatic N) is 2. The van der Waals surface area contributed by atoms with Gasteiger partial charge in [0.1, 0.15) is 29.6 Å². The SMILES string of the molecule is C/C1=C\C=C\C(C)C2(O)CC(OC(=O)N2)C(C)C2OC2(C)C(OC(=O)C(C)N(C)C(=O)CCSSC(C)CCC(=O)O)CC(=O)N(C)c2cc(cc(C)c2Cl)C1. The molecule has 13 nitrogen and oxygen atoms in total. The minimum absolute atomic E-state index is 0.0573. The van der Waals surface area contributed by atoms with E-state index in [1.54, 1.807) is 20.9 Å². The van der Waals surface area contributed by atoms with Gasteiger partial charge in [-0.05, 0) is 57.7 Å². The highest BCUT2D eigenvalue weighted by molar-refractivity contribution is 8.76. The molecule has 3 amide bonds. The second-order valence-electron chi connectivity index (χ2n) is 15.6. The summed E-state index contributed by atoms with van der Waals surface area (Å²) in [6, 6.07) is 2.82. The summed E-state index contributed by atoms with van der Waals surface area (Å²) in [6.07, 6.45) is 3.41. The Morgan fingerprint density at radius 2 is 1.88 bits per heavy atom. The molecule has 310 valence electrons. The van der Waals surface area contributed by atoms with E-state index in [-0.39, 0.29) is 36.8 Å². The summed E-state index contributed by atoms with van der Waals surface area (Å²) < 4.78 is 18.1. The Balaban J connectivity index is 1.59. The number of carboxylic acids is 1. The number of rotatable bonds is 11. The Morgan fingerprint density at radius 1 is 1.18 bits per heavy atom. The number of carbonyl (C=O) groups is 5. The number of nitrogens with one attached hydrogen (secondary N) is 1. The summed E-state index contributed by atoms with van der Waals surface area (Å²) in [7, 11) is 6.12. The third-order valence-corrected chi connectivity index (χ3v) is 14.5. The van der Waals surface area contributed by atoms with Gasteiger partial charge in [0.2, 0.25) is 11.8 Å². The Hall–Kier alpha value is -3.24. The number of hydrogen-bond donors (Lipinski definition) is 3. The van der Waals surface area contributed by atoms with Gasteiger partial charge >= 0.3 is 18.0 Å². The van der Waals surface area contributed by atoms with E-state index in [0.717, 1.165) is 16.7 Å². The van der Waals surface area contributed by atoms with Crippen LogP contribution in [0.4, 0.5) is 10.5 Å². The van der Waals surface area contributed by atoms with E-state index in [1.165, 1.54) is 38.4 Å². The molecule has 9 atom stereocenters. The Morgan fingerprint density at radius 3 is 2.55 bits per heavy atom. The predicted molar refractivity (Wildman–Crippen MR) is 219 cm³/mol. The number of alkyl carbamates (subject to hydrolysis) is 1. The monoisotopic (exact) mass is 837 g/mol. The van der Waals surface area contributed by atoms with E-state index in [2.05, 4.69) is 5.32 Å². The number of epoxide rings is 1. The topological polar surface area (TPSA) is 175 Å². The van der Waals surface area contributed by atoms with Crippen molar-refractivity contribution in [3.8, 4) is 0 Å². The van der Waals surface area contributed by atoms with E-state index in [1.807, 2.05) is 65.0 Å². The average molecular weight is 838 g/mol. The maximum absolute atomic E-state index is 14.1. The fraction of sp³-hybridized carbons (Fsp3) is 0.625. The molecule has 4 bridgehead atoms. The zero-order valence-electron chi connectivity index (χ0n) is 33.6. The van der Waals surface area contributed by atoms with Crippen LogP contribution in [-0.4, -0.2) is 106 Å². The summed E-state index contributed by atoms with van der Waals surface area (Å²) in [5.74, 6) is -2.75. The Kier molecular flexibility index (Phi) is 15.4. The van der Waals surface area contributed by atoms with Crippen LogP contribution in [0.3, 0.4) is 0 Å². The van der Waals surface area contributed by atoms with Gasteiger partial charge in [-0.2, -0.15) is 0 Å². The van der Waals surface area contributed by atoms with Crippen LogP contribution in [0.2, 0.25) is 5.02 Å². The van der Waals surface area contributed by atoms with Crippen molar-refractivity contribution in [1.29, 1.82) is 0 Å². The van der Waals surface area contributed by atoms with Crippen LogP contribution in [0.25, 0.3) is 0 Å². The molecule has 56 heavy (non-hydrogen) atoms. The first-order valence-corrected chi connectivity index (χ1v) is 21.7. The first-order valence-electron chi connectivity index (χ1n) is 18.9. The molecule has 3 heterocycles. The number of aryl methyl sites for hydroxylation is 1. The lowest BCUT2D eigenvalue weighted by atomic mass is 9.82. The first-order chi connectivity index (χ1) is 26.2. The number of benzene rings is 1. The molecular formula is C40H56ClN3O10S2. The second kappa shape index (κ2) is 19.0. The average Bonchev–Trinajstić information content (AvgIpc) is 3.83. The van der Waals surface area contributed by atoms with Gasteiger partial charge in [0, 0.05) is 56.2 Å². The van der Waals surface area contributed by atoms with Crippen molar-refractivity contribution in [1.82, 2.24) is 10.2 Å². The third-order valence-electron chi connectivity index (χ3n) is 11.1. The molecule has 0 saturated carbocycles. The molecule has 9 unspecified atom stereocenters. The van der Waals surface area contributed by atoms with Gasteiger partial charge in [0.05, 0.1) is 23.2 Å². The third kappa shape index (κ3) is 11.2. The van der Waals surface area contributed by atoms with Gasteiger partial charge in [-0.1, -0.05) is 83.8 Å². The lowest BCUT2D eigenvalue weighted by Crippen LogP contribution is -2.60. The van der Waals surface area contributed by atoms with Crippen molar-refractivity contribution < 1.29 is 48.4 Å². The number of likely N-dealkylation sites (N-methyl/N-ethyl adjacent to an activating group) is 1. The van der Waals surface area contributed by atoms with Gasteiger partial charge in [-0.15, -0.1) is 0 Å². The molecule has 0 radical (unpaired) electrons. The van der Waals surface area contributed by atoms with Gasteiger partial charge in [-0.3, -0.25) is 19.7 Å². The number of fused-ring (bicyclic) bond motifs is 5. The normalized spacial score (nSPS) is 30.7. The summed E-state index contributed by atoms with van der Waals surface area (Å²) >= 11 is 6.78. The number of aliphatic carboxylic acids is 1. The lowest BCUT2D eigenvalue weighted by molar-refractivity contribution is -0.162. The van der Waals surface area contributed by atoms with Crippen molar-refractivity contribution in [2.75, 3.05) is 24.7 Å². The summed E-state index contributed by atoms with van der Waals surface area (Å²) in [6.45, 7) is 12.7. The molecule has 16 heteroatoms. The highest BCUT2D eigenvalue weighted by Gasteiger charge is 2.64. The number of halogens is 1. The Bertz CT molecular complexity index is 1730. The summed E-state index contributed by atoms with van der Waals surface area (Å²) in [5, 5.41) is 23.7. The standard InChI is InChI=1S/C40H56ClN3O10S2/c1-22-11-10-12-24(3)40(51)21-30(52-38(50)42-40)26(5)36-39(7,54-36)31(20-33(46)44(9)29-19-28(17-22)18-23(2)35(29)41)53-37(49)27(6)43(8)32(45)15-16-55-56-25(4)13-14-34(47)48/h10-12,18-19,24-27,30-31,36,51H,13-17,20-21H2,1-9H3,(H,42,50)(H,47,48)/b12-10+,22-11+. The van der Waals surface area contributed by atoms with Crippen LogP contribution >= 0.6 is 33.2 Å². The number of ether oxygens (including phenoxy) is 3. The Labute approximate surface area is 342 Å². The molecule has 3 aliphatic rings. The van der Waals surface area contributed by atoms with Crippen LogP contribution in [0, 0.1) is 18.8 Å². The molecule has 0 aromatic heterocycles. The number of hydrogen-bond acceptors (Lipinski definition) is 11. The molecule has 4 rings (SSSR count). The van der Waals surface area contributed by atoms with Crippen LogP contribution in [0.5, 0.6) is 0 Å². The van der Waals surface area contributed by atoms with Crippen molar-refractivity contribution in [2.24, 2.45) is 11.8 Å². The molecule has 2 saturated heterocycles. The van der Waals surface area contributed by atoms with Gasteiger partial charge in [0.15, 0.2) is 0 Å². The lowest BCUT2D eigenvalue weighted by Gasteiger charge is -2.41. The van der Waals surface area contributed by atoms with E-state index < -0.39 is 71.5 Å². The maximum Gasteiger partial charge on any atom is 0.409 e. The number of esters is 1. The summed E-state index contributed by atoms with van der Waals surface area (Å²) in [5.41, 5.74) is 0.415. The zero-order valence-corrected chi connectivity index (χ0v) is 36.0. The minimum Gasteiger partial charge on any atom is -0.481 e. The number of anilines is 1. The van der Waals surface area contributed by atoms with Crippen LogP contribution in [0.15, 0.2) is 35.9 Å². The number of carboxylic acid groups (broad SMARTS) is 1. The van der Waals surface area contributed by atoms with Gasteiger partial charge < -0.3 is 34.2 Å². The molecule has 1 aromatic carbocycles. The van der Waals surface area contributed by atoms with Crippen LogP contribution < -0.4 is 10.2 Å². The van der Waals surface area contributed by atoms with E-state index in [9.17, 15) is 29.1 Å². The second-order valence-corrected chi connectivity index (χ2v) is 18.9. The largest absolute Gasteiger partial charge is 0.481 e. The molecule has 2 fully saturated rings. The van der Waals surface area contributed by atoms with E-state index in [0.29, 0.717) is 29.3 Å². The van der Waals surface area contributed by atoms with Crippen molar-refractivity contribution in [3.05, 3.63) is 52.1 Å². The highest BCUT2D eigenvalue weighted by Crippen LogP contribution is 2.49. The number of allylic oxidation sites excluding steroid dienone is 3. The van der Waals surface area contributed by atoms with E-state index >= 15 is 0 Å².